The first-order valence-corrected chi connectivity index (χ1v) is 10.6. The second-order valence-electron chi connectivity index (χ2n) is 6.97. The molecule has 8 nitrogen and oxygen atoms in total. The summed E-state index contributed by atoms with van der Waals surface area (Å²) < 4.78 is 45.3. The van der Waals surface area contributed by atoms with E-state index in [9.17, 15) is 18.0 Å². The van der Waals surface area contributed by atoms with Crippen LogP contribution in [0.25, 0.3) is 17.1 Å². The van der Waals surface area contributed by atoms with E-state index in [4.69, 9.17) is 4.52 Å². The molecule has 2 heterocycles. The maximum Gasteiger partial charge on any atom is 0.416 e. The number of rotatable bonds is 6. The molecule has 0 spiro atoms. The summed E-state index contributed by atoms with van der Waals surface area (Å²) in [5.74, 6) is 1.22. The highest BCUT2D eigenvalue weighted by Gasteiger charge is 2.30. The monoisotopic (exact) mass is 474 g/mol. The van der Waals surface area contributed by atoms with Gasteiger partial charge in [0.15, 0.2) is 5.16 Å². The molecule has 2 aromatic carbocycles. The van der Waals surface area contributed by atoms with E-state index in [-0.39, 0.29) is 23.4 Å². The van der Waals surface area contributed by atoms with Crippen molar-refractivity contribution in [3.8, 4) is 17.1 Å². The van der Waals surface area contributed by atoms with E-state index in [1.807, 2.05) is 16.7 Å². The summed E-state index contributed by atoms with van der Waals surface area (Å²) in [6.45, 7) is 3.23. The predicted octanol–water partition coefficient (Wildman–Crippen LogP) is 4.90. The van der Waals surface area contributed by atoms with Gasteiger partial charge in [-0.3, -0.25) is 9.36 Å². The van der Waals surface area contributed by atoms with E-state index in [2.05, 4.69) is 25.7 Å². The minimum absolute atomic E-state index is 0.178. The number of benzene rings is 2. The SMILES string of the molecule is CC(=O)Nc1cccc(-n2c(C)nnc2SCc2nc(-c3ccc(C(F)(F)F)cc3)no2)c1. The number of carbonyl (C=O) groups is 1. The summed E-state index contributed by atoms with van der Waals surface area (Å²) in [6, 6.07) is 11.8. The first kappa shape index (κ1) is 22.5. The molecule has 0 radical (unpaired) electrons. The topological polar surface area (TPSA) is 98.7 Å². The van der Waals surface area contributed by atoms with Crippen molar-refractivity contribution in [3.63, 3.8) is 0 Å². The largest absolute Gasteiger partial charge is 0.416 e. The maximum atomic E-state index is 12.7. The first-order chi connectivity index (χ1) is 15.7. The number of hydrogen-bond donors (Lipinski definition) is 1. The van der Waals surface area contributed by atoms with Crippen molar-refractivity contribution in [2.75, 3.05) is 5.32 Å². The summed E-state index contributed by atoms with van der Waals surface area (Å²) in [7, 11) is 0. The average Bonchev–Trinajstić information content (AvgIpc) is 3.38. The third-order valence-corrected chi connectivity index (χ3v) is 5.40. The number of hydrogen-bond acceptors (Lipinski definition) is 7. The van der Waals surface area contributed by atoms with Crippen molar-refractivity contribution in [2.45, 2.75) is 30.9 Å². The summed E-state index contributed by atoms with van der Waals surface area (Å²) in [5, 5.41) is 15.5. The van der Waals surface area contributed by atoms with Gasteiger partial charge in [-0.2, -0.15) is 18.2 Å². The summed E-state index contributed by atoms with van der Waals surface area (Å²) in [4.78, 5) is 15.6. The molecule has 0 aliphatic rings. The van der Waals surface area contributed by atoms with Gasteiger partial charge in [0.05, 0.1) is 17.0 Å². The second kappa shape index (κ2) is 9.06. The molecule has 4 rings (SSSR count). The van der Waals surface area contributed by atoms with Gasteiger partial charge in [0.25, 0.3) is 0 Å². The number of alkyl halides is 3. The van der Waals surface area contributed by atoms with E-state index in [0.29, 0.717) is 22.2 Å². The molecular formula is C21H17F3N6O2S. The van der Waals surface area contributed by atoms with E-state index in [1.165, 1.54) is 30.8 Å². The molecule has 0 aliphatic heterocycles. The van der Waals surface area contributed by atoms with Gasteiger partial charge in [-0.15, -0.1) is 10.2 Å². The molecule has 0 bridgehead atoms. The Bertz CT molecular complexity index is 1280. The Morgan fingerprint density at radius 1 is 1.15 bits per heavy atom. The summed E-state index contributed by atoms with van der Waals surface area (Å²) >= 11 is 1.31. The predicted molar refractivity (Wildman–Crippen MR) is 115 cm³/mol. The lowest BCUT2D eigenvalue weighted by Crippen LogP contribution is -2.07. The van der Waals surface area contributed by atoms with Gasteiger partial charge in [-0.1, -0.05) is 35.1 Å². The number of aromatic nitrogens is 5. The Labute approximate surface area is 190 Å². The van der Waals surface area contributed by atoms with Crippen molar-refractivity contribution in [1.82, 2.24) is 24.9 Å². The normalized spacial score (nSPS) is 11.5. The van der Waals surface area contributed by atoms with Crippen molar-refractivity contribution in [1.29, 1.82) is 0 Å². The zero-order valence-electron chi connectivity index (χ0n) is 17.4. The fourth-order valence-electron chi connectivity index (χ4n) is 3.03. The van der Waals surface area contributed by atoms with E-state index in [1.54, 1.807) is 19.1 Å². The molecule has 0 aliphatic carbocycles. The maximum absolute atomic E-state index is 12.7. The van der Waals surface area contributed by atoms with Gasteiger partial charge in [0.1, 0.15) is 5.82 Å². The Balaban J connectivity index is 1.49. The van der Waals surface area contributed by atoms with Crippen LogP contribution < -0.4 is 5.32 Å². The van der Waals surface area contributed by atoms with E-state index < -0.39 is 11.7 Å². The van der Waals surface area contributed by atoms with Crippen LogP contribution in [0.15, 0.2) is 58.2 Å². The molecule has 0 atom stereocenters. The van der Waals surface area contributed by atoms with Crippen LogP contribution in [0.4, 0.5) is 18.9 Å². The number of amides is 1. The highest BCUT2D eigenvalue weighted by Crippen LogP contribution is 2.31. The number of carbonyl (C=O) groups excluding carboxylic acids is 1. The van der Waals surface area contributed by atoms with Gasteiger partial charge in [0.2, 0.25) is 17.6 Å². The second-order valence-corrected chi connectivity index (χ2v) is 7.91. The lowest BCUT2D eigenvalue weighted by atomic mass is 10.1. The number of nitrogens with zero attached hydrogens (tertiary/aromatic N) is 5. The molecule has 1 N–H and O–H groups in total. The van der Waals surface area contributed by atoms with Crippen molar-refractivity contribution in [2.24, 2.45) is 0 Å². The van der Waals surface area contributed by atoms with Crippen LogP contribution in [0, 0.1) is 6.92 Å². The third-order valence-electron chi connectivity index (χ3n) is 4.48. The van der Waals surface area contributed by atoms with Crippen LogP contribution in [-0.4, -0.2) is 30.8 Å². The number of anilines is 1. The zero-order chi connectivity index (χ0) is 23.6. The fourth-order valence-corrected chi connectivity index (χ4v) is 3.86. The van der Waals surface area contributed by atoms with E-state index >= 15 is 0 Å². The van der Waals surface area contributed by atoms with Crippen LogP contribution in [0.2, 0.25) is 0 Å². The Kier molecular flexibility index (Phi) is 6.18. The molecule has 12 heteroatoms. The number of nitrogens with one attached hydrogen (secondary N) is 1. The Hall–Kier alpha value is -3.67. The number of halogens is 3. The summed E-state index contributed by atoms with van der Waals surface area (Å²) in [6.07, 6.45) is -4.41. The molecule has 0 fully saturated rings. The van der Waals surface area contributed by atoms with Gasteiger partial charge >= 0.3 is 6.18 Å². The average molecular weight is 474 g/mol. The third kappa shape index (κ3) is 5.22. The lowest BCUT2D eigenvalue weighted by Gasteiger charge is -2.10. The quantitative estimate of drug-likeness (QED) is 0.397. The van der Waals surface area contributed by atoms with E-state index in [0.717, 1.165) is 17.8 Å². The van der Waals surface area contributed by atoms with Crippen molar-refractivity contribution in [3.05, 3.63) is 65.8 Å². The minimum Gasteiger partial charge on any atom is -0.338 e. The molecule has 0 saturated carbocycles. The zero-order valence-corrected chi connectivity index (χ0v) is 18.2. The highest BCUT2D eigenvalue weighted by molar-refractivity contribution is 7.98. The molecule has 4 aromatic rings. The van der Waals surface area contributed by atoms with Crippen molar-refractivity contribution >= 4 is 23.4 Å². The number of thioether (sulfide) groups is 1. The van der Waals surface area contributed by atoms with Crippen molar-refractivity contribution < 1.29 is 22.5 Å². The molecule has 0 unspecified atom stereocenters. The minimum atomic E-state index is -4.41. The van der Waals surface area contributed by atoms with Crippen LogP contribution in [0.1, 0.15) is 24.2 Å². The molecular weight excluding hydrogens is 457 g/mol. The van der Waals surface area contributed by atoms with Crippen LogP contribution >= 0.6 is 11.8 Å². The smallest absolute Gasteiger partial charge is 0.338 e. The standard InChI is InChI=1S/C21H17F3N6O2S/c1-12-27-28-20(30(12)17-5-3-4-16(10-17)25-13(2)31)33-11-18-26-19(29-32-18)14-6-8-15(9-7-14)21(22,23)24/h3-10H,11H2,1-2H3,(H,25,31). The molecule has 170 valence electrons. The lowest BCUT2D eigenvalue weighted by molar-refractivity contribution is -0.137. The summed E-state index contributed by atoms with van der Waals surface area (Å²) in [5.41, 5.74) is 1.07. The molecule has 1 amide bonds. The van der Waals surface area contributed by atoms with Gasteiger partial charge in [-0.25, -0.2) is 0 Å². The van der Waals surface area contributed by atoms with Gasteiger partial charge in [-0.05, 0) is 37.3 Å². The Morgan fingerprint density at radius 3 is 2.61 bits per heavy atom. The number of aryl methyl sites for hydroxylation is 1. The fraction of sp³-hybridized carbons (Fsp3) is 0.190. The highest BCUT2D eigenvalue weighted by atomic mass is 32.2. The first-order valence-electron chi connectivity index (χ1n) is 9.64. The molecule has 0 saturated heterocycles. The molecule has 33 heavy (non-hydrogen) atoms. The van der Waals surface area contributed by atoms with Crippen LogP contribution in [0.5, 0.6) is 0 Å². The molecule has 2 aromatic heterocycles. The van der Waals surface area contributed by atoms with Crippen LogP contribution in [0.3, 0.4) is 0 Å². The Morgan fingerprint density at radius 2 is 1.91 bits per heavy atom. The van der Waals surface area contributed by atoms with Crippen LogP contribution in [-0.2, 0) is 16.7 Å². The van der Waals surface area contributed by atoms with Gasteiger partial charge < -0.3 is 9.84 Å². The van der Waals surface area contributed by atoms with Gasteiger partial charge in [0, 0.05) is 18.2 Å².